The van der Waals surface area contributed by atoms with Crippen LogP contribution < -0.4 is 5.73 Å². The van der Waals surface area contributed by atoms with E-state index in [9.17, 15) is 0 Å². The molecule has 1 aromatic rings. The summed E-state index contributed by atoms with van der Waals surface area (Å²) >= 11 is 6.29. The minimum absolute atomic E-state index is 0.196. The summed E-state index contributed by atoms with van der Waals surface area (Å²) in [5.74, 6) is 0. The van der Waals surface area contributed by atoms with Crippen LogP contribution in [-0.4, -0.2) is 47.0 Å². The van der Waals surface area contributed by atoms with Gasteiger partial charge in [-0.3, -0.25) is 9.58 Å². The first-order chi connectivity index (χ1) is 9.39. The number of likely N-dealkylation sites (N-methyl/N-ethyl adjacent to an activating group) is 1. The zero-order chi connectivity index (χ0) is 15.3. The van der Waals surface area contributed by atoms with Gasteiger partial charge in [0.05, 0.1) is 36.1 Å². The van der Waals surface area contributed by atoms with Gasteiger partial charge in [0.25, 0.3) is 0 Å². The highest BCUT2D eigenvalue weighted by molar-refractivity contribution is 6.31. The van der Waals surface area contributed by atoms with Gasteiger partial charge < -0.3 is 10.5 Å². The predicted octanol–water partition coefficient (Wildman–Crippen LogP) is 2.30. The Balaban J connectivity index is 3.06. The van der Waals surface area contributed by atoms with Crippen molar-refractivity contribution in [1.82, 2.24) is 14.7 Å². The summed E-state index contributed by atoms with van der Waals surface area (Å²) in [4.78, 5) is 2.33. The molecule has 6 heteroatoms. The lowest BCUT2D eigenvalue weighted by Crippen LogP contribution is -2.51. The first-order valence-electron chi connectivity index (χ1n) is 7.10. The highest BCUT2D eigenvalue weighted by Crippen LogP contribution is 2.32. The van der Waals surface area contributed by atoms with Crippen LogP contribution in [0, 0.1) is 0 Å². The van der Waals surface area contributed by atoms with E-state index in [1.807, 2.05) is 4.68 Å². The highest BCUT2D eigenvalue weighted by atomic mass is 35.5. The van der Waals surface area contributed by atoms with Gasteiger partial charge in [-0.05, 0) is 26.9 Å². The molecule has 0 amide bonds. The van der Waals surface area contributed by atoms with Crippen LogP contribution in [0.3, 0.4) is 0 Å². The van der Waals surface area contributed by atoms with Crippen LogP contribution in [0.25, 0.3) is 0 Å². The molecule has 5 nitrogen and oxygen atoms in total. The summed E-state index contributed by atoms with van der Waals surface area (Å²) in [6.45, 7) is 11.7. The Bertz CT molecular complexity index is 415. The van der Waals surface area contributed by atoms with Gasteiger partial charge in [-0.2, -0.15) is 5.10 Å². The number of hydrogen-bond acceptors (Lipinski definition) is 4. The van der Waals surface area contributed by atoms with Crippen molar-refractivity contribution in [2.75, 3.05) is 26.8 Å². The van der Waals surface area contributed by atoms with Crippen molar-refractivity contribution in [3.63, 3.8) is 0 Å². The third-order valence-electron chi connectivity index (χ3n) is 3.97. The number of rotatable bonds is 8. The Morgan fingerprint density at radius 2 is 2.05 bits per heavy atom. The van der Waals surface area contributed by atoms with E-state index in [0.717, 1.165) is 18.8 Å². The molecule has 2 N–H and O–H groups in total. The summed E-state index contributed by atoms with van der Waals surface area (Å²) in [5.41, 5.74) is 7.19. The lowest BCUT2D eigenvalue weighted by Gasteiger charge is -2.42. The summed E-state index contributed by atoms with van der Waals surface area (Å²) in [6, 6.07) is -0.214. The molecule has 0 aliphatic heterocycles. The second-order valence-corrected chi connectivity index (χ2v) is 5.80. The topological polar surface area (TPSA) is 56.3 Å². The Morgan fingerprint density at radius 3 is 2.55 bits per heavy atom. The van der Waals surface area contributed by atoms with Crippen molar-refractivity contribution in [1.29, 1.82) is 0 Å². The molecule has 0 saturated carbocycles. The molecule has 0 spiro atoms. The molecule has 1 unspecified atom stereocenters. The van der Waals surface area contributed by atoms with E-state index in [1.54, 1.807) is 13.3 Å². The molecule has 0 aromatic carbocycles. The van der Waals surface area contributed by atoms with Gasteiger partial charge in [0.15, 0.2) is 0 Å². The largest absolute Gasteiger partial charge is 0.383 e. The number of nitrogens with zero attached hydrogens (tertiary/aromatic N) is 3. The van der Waals surface area contributed by atoms with Crippen LogP contribution in [0.2, 0.25) is 5.02 Å². The third kappa shape index (κ3) is 3.52. The highest BCUT2D eigenvalue weighted by Gasteiger charge is 2.35. The average Bonchev–Trinajstić information content (AvgIpc) is 2.77. The minimum atomic E-state index is -0.214. The molecule has 20 heavy (non-hydrogen) atoms. The maximum Gasteiger partial charge on any atom is 0.0834 e. The number of hydrogen-bond donors (Lipinski definition) is 1. The van der Waals surface area contributed by atoms with Gasteiger partial charge in [0, 0.05) is 12.6 Å². The molecule has 1 aromatic heterocycles. The molecule has 116 valence electrons. The van der Waals surface area contributed by atoms with Crippen LogP contribution in [0.1, 0.15) is 39.4 Å². The number of methoxy groups -OCH3 is 1. The Hall–Kier alpha value is -0.620. The molecule has 0 fully saturated rings. The molecule has 0 aliphatic rings. The van der Waals surface area contributed by atoms with Crippen molar-refractivity contribution in [2.24, 2.45) is 5.73 Å². The molecule has 1 atom stereocenters. The number of ether oxygens (including phenoxy) is 1. The van der Waals surface area contributed by atoms with E-state index in [1.165, 1.54) is 0 Å². The first kappa shape index (κ1) is 17.4. The lowest BCUT2D eigenvalue weighted by molar-refractivity contribution is 0.102. The first-order valence-corrected chi connectivity index (χ1v) is 7.48. The number of nitrogens with two attached hydrogens (primary N) is 1. The van der Waals surface area contributed by atoms with Crippen molar-refractivity contribution in [2.45, 2.75) is 45.8 Å². The SMILES string of the molecule is CCN(CC)C(C)(C)C(N)c1c(Cl)cnn1CCOC. The summed E-state index contributed by atoms with van der Waals surface area (Å²) < 4.78 is 6.96. The number of aromatic nitrogens is 2. The lowest BCUT2D eigenvalue weighted by atomic mass is 9.90. The van der Waals surface area contributed by atoms with E-state index in [0.29, 0.717) is 18.2 Å². The van der Waals surface area contributed by atoms with Crippen molar-refractivity contribution in [3.05, 3.63) is 16.9 Å². The van der Waals surface area contributed by atoms with E-state index in [2.05, 4.69) is 37.7 Å². The predicted molar refractivity (Wildman–Crippen MR) is 83.0 cm³/mol. The second-order valence-electron chi connectivity index (χ2n) is 5.40. The molecule has 1 rings (SSSR count). The van der Waals surface area contributed by atoms with Crippen LogP contribution in [-0.2, 0) is 11.3 Å². The quantitative estimate of drug-likeness (QED) is 0.800. The molecule has 0 saturated heterocycles. The molecule has 0 aliphatic carbocycles. The fourth-order valence-corrected chi connectivity index (χ4v) is 2.87. The van der Waals surface area contributed by atoms with Gasteiger partial charge >= 0.3 is 0 Å². The monoisotopic (exact) mass is 302 g/mol. The van der Waals surface area contributed by atoms with Gasteiger partial charge in [0.2, 0.25) is 0 Å². The fourth-order valence-electron chi connectivity index (χ4n) is 2.61. The molecular weight excluding hydrogens is 276 g/mol. The maximum absolute atomic E-state index is 6.51. The van der Waals surface area contributed by atoms with E-state index in [-0.39, 0.29) is 11.6 Å². The smallest absolute Gasteiger partial charge is 0.0834 e. The van der Waals surface area contributed by atoms with Crippen molar-refractivity contribution >= 4 is 11.6 Å². The second kappa shape index (κ2) is 7.41. The summed E-state index contributed by atoms with van der Waals surface area (Å²) in [5, 5.41) is 4.92. The Morgan fingerprint density at radius 1 is 1.45 bits per heavy atom. The zero-order valence-corrected chi connectivity index (χ0v) is 13.9. The summed E-state index contributed by atoms with van der Waals surface area (Å²) in [6.07, 6.45) is 1.66. The van der Waals surface area contributed by atoms with Gasteiger partial charge in [-0.15, -0.1) is 0 Å². The van der Waals surface area contributed by atoms with Gasteiger partial charge in [0.1, 0.15) is 0 Å². The maximum atomic E-state index is 6.51. The van der Waals surface area contributed by atoms with Crippen LogP contribution >= 0.6 is 11.6 Å². The Kier molecular flexibility index (Phi) is 6.45. The van der Waals surface area contributed by atoms with E-state index >= 15 is 0 Å². The van der Waals surface area contributed by atoms with Crippen LogP contribution in [0.15, 0.2) is 6.20 Å². The van der Waals surface area contributed by atoms with E-state index in [4.69, 9.17) is 22.1 Å². The average molecular weight is 303 g/mol. The fraction of sp³-hybridized carbons (Fsp3) is 0.786. The molecule has 1 heterocycles. The van der Waals surface area contributed by atoms with Crippen molar-refractivity contribution < 1.29 is 4.74 Å². The standard InChI is InChI=1S/C14H27ClN4O/c1-6-18(7-2)14(3,4)13(16)12-11(15)10-17-19(12)8-9-20-5/h10,13H,6-9,16H2,1-5H3. The normalized spacial score (nSPS) is 14.0. The van der Waals surface area contributed by atoms with Crippen molar-refractivity contribution in [3.8, 4) is 0 Å². The molecular formula is C14H27ClN4O. The number of halogens is 1. The Labute approximate surface area is 127 Å². The van der Waals surface area contributed by atoms with Crippen LogP contribution in [0.4, 0.5) is 0 Å². The van der Waals surface area contributed by atoms with Gasteiger partial charge in [-0.25, -0.2) is 0 Å². The third-order valence-corrected chi connectivity index (χ3v) is 4.27. The summed E-state index contributed by atoms with van der Waals surface area (Å²) in [7, 11) is 1.67. The van der Waals surface area contributed by atoms with Gasteiger partial charge in [-0.1, -0.05) is 25.4 Å². The zero-order valence-electron chi connectivity index (χ0n) is 13.2. The molecule has 0 bridgehead atoms. The molecule has 0 radical (unpaired) electrons. The minimum Gasteiger partial charge on any atom is -0.383 e. The van der Waals surface area contributed by atoms with E-state index < -0.39 is 0 Å². The van der Waals surface area contributed by atoms with Crippen LogP contribution in [0.5, 0.6) is 0 Å².